The van der Waals surface area contributed by atoms with Gasteiger partial charge in [-0.2, -0.15) is 0 Å². The van der Waals surface area contributed by atoms with Crippen molar-refractivity contribution in [1.82, 2.24) is 5.32 Å². The summed E-state index contributed by atoms with van der Waals surface area (Å²) in [6.07, 6.45) is 0.780. The quantitative estimate of drug-likeness (QED) is 0.259. The fourth-order valence-electron chi connectivity index (χ4n) is 1.79. The number of oxime groups is 1. The molecule has 0 spiro atoms. The number of nitrogens with zero attached hydrogens (tertiary/aromatic N) is 1. The summed E-state index contributed by atoms with van der Waals surface area (Å²) in [6.45, 7) is 6.06. The topological polar surface area (TPSA) is 90.9 Å². The van der Waals surface area contributed by atoms with Gasteiger partial charge in [0.2, 0.25) is 0 Å². The van der Waals surface area contributed by atoms with Crippen LogP contribution in [0.15, 0.2) is 29.4 Å². The molecule has 0 saturated heterocycles. The van der Waals surface area contributed by atoms with Crippen molar-refractivity contribution in [2.45, 2.75) is 26.8 Å². The minimum absolute atomic E-state index is 0.0860. The number of aliphatic hydroxyl groups excluding tert-OH is 1. The highest BCUT2D eigenvalue weighted by molar-refractivity contribution is 5.96. The van der Waals surface area contributed by atoms with Crippen LogP contribution in [-0.2, 0) is 6.54 Å². The SMILES string of the molecule is CC(C)(CCO)CNCc1ccc(/C(N)=N/O)cc1. The van der Waals surface area contributed by atoms with E-state index >= 15 is 0 Å². The van der Waals surface area contributed by atoms with Crippen LogP contribution >= 0.6 is 0 Å². The predicted octanol–water partition coefficient (Wildman–Crippen LogP) is 1.28. The Morgan fingerprint density at radius 2 is 1.95 bits per heavy atom. The number of aliphatic hydroxyl groups is 1. The Balaban J connectivity index is 2.46. The zero-order chi connectivity index (χ0) is 14.3. The maximum Gasteiger partial charge on any atom is 0.170 e. The third kappa shape index (κ3) is 5.28. The Morgan fingerprint density at radius 1 is 1.32 bits per heavy atom. The first-order valence-electron chi connectivity index (χ1n) is 6.37. The molecule has 0 aliphatic rings. The van der Waals surface area contributed by atoms with E-state index in [2.05, 4.69) is 24.3 Å². The number of benzene rings is 1. The number of rotatable bonds is 7. The van der Waals surface area contributed by atoms with Gasteiger partial charge in [-0.3, -0.25) is 0 Å². The molecule has 0 amide bonds. The summed E-state index contributed by atoms with van der Waals surface area (Å²) in [6, 6.07) is 7.54. The fourth-order valence-corrected chi connectivity index (χ4v) is 1.79. The molecule has 0 bridgehead atoms. The number of nitrogens with one attached hydrogen (secondary N) is 1. The second-order valence-electron chi connectivity index (χ2n) is 5.42. The average Bonchev–Trinajstić information content (AvgIpc) is 2.38. The summed E-state index contributed by atoms with van der Waals surface area (Å²) in [5.41, 5.74) is 7.42. The molecule has 0 aromatic heterocycles. The number of nitrogens with two attached hydrogens (primary N) is 1. The van der Waals surface area contributed by atoms with Crippen LogP contribution in [0.3, 0.4) is 0 Å². The first kappa shape index (κ1) is 15.5. The van der Waals surface area contributed by atoms with Gasteiger partial charge in [0.25, 0.3) is 0 Å². The summed E-state index contributed by atoms with van der Waals surface area (Å²) in [4.78, 5) is 0. The first-order chi connectivity index (χ1) is 8.98. The molecule has 1 aromatic carbocycles. The molecular formula is C14H23N3O2. The summed E-state index contributed by atoms with van der Waals surface area (Å²) < 4.78 is 0. The van der Waals surface area contributed by atoms with Gasteiger partial charge in [-0.15, -0.1) is 0 Å². The van der Waals surface area contributed by atoms with Gasteiger partial charge >= 0.3 is 0 Å². The molecule has 5 nitrogen and oxygen atoms in total. The van der Waals surface area contributed by atoms with Crippen LogP contribution in [0.2, 0.25) is 0 Å². The molecule has 106 valence electrons. The number of hydrogen-bond acceptors (Lipinski definition) is 4. The average molecular weight is 265 g/mol. The second kappa shape index (κ2) is 7.11. The van der Waals surface area contributed by atoms with E-state index < -0.39 is 0 Å². The molecular weight excluding hydrogens is 242 g/mol. The van der Waals surface area contributed by atoms with Gasteiger partial charge in [-0.05, 0) is 17.4 Å². The van der Waals surface area contributed by atoms with Gasteiger partial charge in [-0.25, -0.2) is 0 Å². The van der Waals surface area contributed by atoms with E-state index in [0.29, 0.717) is 5.56 Å². The Kier molecular flexibility index (Phi) is 5.79. The smallest absolute Gasteiger partial charge is 0.170 e. The highest BCUT2D eigenvalue weighted by atomic mass is 16.4. The lowest BCUT2D eigenvalue weighted by Gasteiger charge is -2.24. The van der Waals surface area contributed by atoms with Crippen molar-refractivity contribution in [3.05, 3.63) is 35.4 Å². The Morgan fingerprint density at radius 3 is 2.47 bits per heavy atom. The van der Waals surface area contributed by atoms with Gasteiger partial charge in [0.05, 0.1) is 0 Å². The van der Waals surface area contributed by atoms with Crippen molar-refractivity contribution in [3.63, 3.8) is 0 Å². The van der Waals surface area contributed by atoms with Crippen molar-refractivity contribution in [1.29, 1.82) is 0 Å². The molecule has 0 radical (unpaired) electrons. The summed E-state index contributed by atoms with van der Waals surface area (Å²) in [5, 5.41) is 23.8. The number of amidine groups is 1. The summed E-state index contributed by atoms with van der Waals surface area (Å²) in [7, 11) is 0. The molecule has 5 heteroatoms. The largest absolute Gasteiger partial charge is 0.409 e. The maximum atomic E-state index is 8.95. The first-order valence-corrected chi connectivity index (χ1v) is 6.37. The molecule has 0 fully saturated rings. The molecule has 5 N–H and O–H groups in total. The van der Waals surface area contributed by atoms with Crippen molar-refractivity contribution < 1.29 is 10.3 Å². The zero-order valence-electron chi connectivity index (χ0n) is 11.6. The Bertz CT molecular complexity index is 413. The second-order valence-corrected chi connectivity index (χ2v) is 5.42. The fraction of sp³-hybridized carbons (Fsp3) is 0.500. The van der Waals surface area contributed by atoms with Gasteiger partial charge < -0.3 is 21.4 Å². The molecule has 0 unspecified atom stereocenters. The highest BCUT2D eigenvalue weighted by Crippen LogP contribution is 2.18. The predicted molar refractivity (Wildman–Crippen MR) is 76.1 cm³/mol. The van der Waals surface area contributed by atoms with Crippen LogP contribution in [0.1, 0.15) is 31.4 Å². The van der Waals surface area contributed by atoms with E-state index in [1.54, 1.807) is 0 Å². The van der Waals surface area contributed by atoms with E-state index in [4.69, 9.17) is 16.0 Å². The lowest BCUT2D eigenvalue weighted by Crippen LogP contribution is -2.29. The van der Waals surface area contributed by atoms with Crippen LogP contribution in [-0.4, -0.2) is 29.3 Å². The number of hydrogen-bond donors (Lipinski definition) is 4. The summed E-state index contributed by atoms with van der Waals surface area (Å²) >= 11 is 0. The molecule has 0 aliphatic carbocycles. The lowest BCUT2D eigenvalue weighted by atomic mass is 9.90. The third-order valence-corrected chi connectivity index (χ3v) is 3.08. The van der Waals surface area contributed by atoms with Crippen LogP contribution in [0.4, 0.5) is 0 Å². The van der Waals surface area contributed by atoms with Gasteiger partial charge in [0.15, 0.2) is 5.84 Å². The lowest BCUT2D eigenvalue weighted by molar-refractivity contribution is 0.207. The van der Waals surface area contributed by atoms with Crippen LogP contribution in [0.5, 0.6) is 0 Å². The molecule has 0 atom stereocenters. The van der Waals surface area contributed by atoms with Crippen molar-refractivity contribution in [3.8, 4) is 0 Å². The Labute approximate surface area is 114 Å². The van der Waals surface area contributed by atoms with Crippen molar-refractivity contribution in [2.75, 3.05) is 13.2 Å². The molecule has 0 saturated carbocycles. The maximum absolute atomic E-state index is 8.95. The normalized spacial score (nSPS) is 12.7. The van der Waals surface area contributed by atoms with Gasteiger partial charge in [0, 0.05) is 25.3 Å². The molecule has 1 aromatic rings. The monoisotopic (exact) mass is 265 g/mol. The van der Waals surface area contributed by atoms with Gasteiger partial charge in [0.1, 0.15) is 0 Å². The van der Waals surface area contributed by atoms with Crippen LogP contribution in [0.25, 0.3) is 0 Å². The minimum Gasteiger partial charge on any atom is -0.409 e. The van der Waals surface area contributed by atoms with Gasteiger partial charge in [-0.1, -0.05) is 43.3 Å². The zero-order valence-corrected chi connectivity index (χ0v) is 11.6. The van der Waals surface area contributed by atoms with E-state index in [9.17, 15) is 0 Å². The van der Waals surface area contributed by atoms with E-state index in [-0.39, 0.29) is 17.9 Å². The van der Waals surface area contributed by atoms with Crippen molar-refractivity contribution >= 4 is 5.84 Å². The van der Waals surface area contributed by atoms with E-state index in [1.807, 2.05) is 24.3 Å². The minimum atomic E-state index is 0.0860. The summed E-state index contributed by atoms with van der Waals surface area (Å²) in [5.74, 6) is 0.114. The molecule has 0 heterocycles. The highest BCUT2D eigenvalue weighted by Gasteiger charge is 2.16. The molecule has 1 rings (SSSR count). The van der Waals surface area contributed by atoms with E-state index in [0.717, 1.165) is 25.1 Å². The van der Waals surface area contributed by atoms with Crippen molar-refractivity contribution in [2.24, 2.45) is 16.3 Å². The molecule has 19 heavy (non-hydrogen) atoms. The molecule has 0 aliphatic heterocycles. The van der Waals surface area contributed by atoms with Crippen LogP contribution < -0.4 is 11.1 Å². The third-order valence-electron chi connectivity index (χ3n) is 3.08. The standard InChI is InChI=1S/C14H23N3O2/c1-14(2,7-8-18)10-16-9-11-3-5-12(6-4-11)13(15)17-19/h3-6,16,18-19H,7-10H2,1-2H3,(H2,15,17). The van der Waals surface area contributed by atoms with E-state index in [1.165, 1.54) is 0 Å². The van der Waals surface area contributed by atoms with Crippen LogP contribution in [0, 0.1) is 5.41 Å². The Hall–Kier alpha value is -1.59.